The van der Waals surface area contributed by atoms with Crippen LogP contribution in [0.5, 0.6) is 0 Å². The van der Waals surface area contributed by atoms with Gasteiger partial charge in [0, 0.05) is 43.2 Å². The van der Waals surface area contributed by atoms with E-state index in [9.17, 15) is 19.5 Å². The van der Waals surface area contributed by atoms with Crippen molar-refractivity contribution in [3.05, 3.63) is 64.2 Å². The molecule has 3 aliphatic heterocycles. The first-order valence-electron chi connectivity index (χ1n) is 14.2. The van der Waals surface area contributed by atoms with Gasteiger partial charge in [-0.25, -0.2) is 0 Å². The van der Waals surface area contributed by atoms with E-state index in [0.717, 1.165) is 16.7 Å². The molecule has 220 valence electrons. The standard InChI is InChI=1S/C30H38ClN5O5/c1-19-14-22(6-7-24(19)31)33-29(40)25(10-12-32)34-30(18-41-30)26-15-20-4-2-3-5-21(20)16-36(26)28(39)9-8-27(38)35-13-11-23(37)17-35/h2-7,14,23,25-26,34,37H,8-13,15-18,32H2,1H3,(H,33,40)/t23?,25-,26-,30?/m0/s1. The van der Waals surface area contributed by atoms with Gasteiger partial charge in [0.1, 0.15) is 0 Å². The van der Waals surface area contributed by atoms with Crippen LogP contribution in [0.15, 0.2) is 42.5 Å². The van der Waals surface area contributed by atoms with Gasteiger partial charge in [-0.2, -0.15) is 0 Å². The average Bonchev–Trinajstić information content (AvgIpc) is 3.62. The van der Waals surface area contributed by atoms with Gasteiger partial charge < -0.3 is 30.7 Å². The number of carbonyl (C=O) groups excluding carboxylic acids is 3. The Morgan fingerprint density at radius 2 is 1.90 bits per heavy atom. The number of fused-ring (bicyclic) bond motifs is 1. The summed E-state index contributed by atoms with van der Waals surface area (Å²) in [7, 11) is 0. The molecule has 0 radical (unpaired) electrons. The summed E-state index contributed by atoms with van der Waals surface area (Å²) in [6.07, 6.45) is 1.12. The van der Waals surface area contributed by atoms with Crippen molar-refractivity contribution in [3.63, 3.8) is 0 Å². The van der Waals surface area contributed by atoms with Crippen LogP contribution >= 0.6 is 11.6 Å². The molecule has 0 saturated carbocycles. The third kappa shape index (κ3) is 6.73. The molecule has 2 fully saturated rings. The lowest BCUT2D eigenvalue weighted by atomic mass is 9.89. The fourth-order valence-corrected chi connectivity index (χ4v) is 5.94. The molecule has 41 heavy (non-hydrogen) atoms. The number of anilines is 1. The number of aryl methyl sites for hydroxylation is 1. The third-order valence-corrected chi connectivity index (χ3v) is 8.67. The minimum absolute atomic E-state index is 0.0583. The normalized spacial score (nSPS) is 24.1. The zero-order valence-electron chi connectivity index (χ0n) is 23.3. The van der Waals surface area contributed by atoms with Crippen LogP contribution in [0.1, 0.15) is 42.4 Å². The van der Waals surface area contributed by atoms with Gasteiger partial charge in [-0.15, -0.1) is 0 Å². The quantitative estimate of drug-likeness (QED) is 0.313. The maximum absolute atomic E-state index is 13.6. The van der Waals surface area contributed by atoms with Gasteiger partial charge in [-0.1, -0.05) is 35.9 Å². The number of benzene rings is 2. The van der Waals surface area contributed by atoms with Crippen LogP contribution in [0, 0.1) is 6.92 Å². The molecule has 2 saturated heterocycles. The molecule has 3 heterocycles. The molecule has 0 aliphatic carbocycles. The summed E-state index contributed by atoms with van der Waals surface area (Å²) in [5.74, 6) is -0.526. The van der Waals surface area contributed by atoms with Crippen molar-refractivity contribution in [2.24, 2.45) is 5.73 Å². The predicted octanol–water partition coefficient (Wildman–Crippen LogP) is 1.95. The fraction of sp³-hybridized carbons (Fsp3) is 0.500. The van der Waals surface area contributed by atoms with Crippen molar-refractivity contribution in [2.45, 2.75) is 69.5 Å². The smallest absolute Gasteiger partial charge is 0.241 e. The first-order chi connectivity index (χ1) is 19.7. The summed E-state index contributed by atoms with van der Waals surface area (Å²) in [4.78, 5) is 43.1. The second-order valence-electron chi connectivity index (χ2n) is 11.2. The molecule has 3 amide bonds. The van der Waals surface area contributed by atoms with Crippen molar-refractivity contribution in [1.29, 1.82) is 0 Å². The van der Waals surface area contributed by atoms with Gasteiger partial charge in [0.15, 0.2) is 5.72 Å². The summed E-state index contributed by atoms with van der Waals surface area (Å²) in [5.41, 5.74) is 8.63. The Morgan fingerprint density at radius 1 is 1.17 bits per heavy atom. The average molecular weight is 584 g/mol. The molecular formula is C30H38ClN5O5. The monoisotopic (exact) mass is 583 g/mol. The summed E-state index contributed by atoms with van der Waals surface area (Å²) < 4.78 is 6.02. The van der Waals surface area contributed by atoms with E-state index in [1.807, 2.05) is 31.2 Å². The number of halogens is 1. The van der Waals surface area contributed by atoms with E-state index in [0.29, 0.717) is 56.2 Å². The van der Waals surface area contributed by atoms with Gasteiger partial charge in [0.2, 0.25) is 17.7 Å². The van der Waals surface area contributed by atoms with E-state index in [4.69, 9.17) is 22.1 Å². The van der Waals surface area contributed by atoms with E-state index in [1.54, 1.807) is 21.9 Å². The number of epoxide rings is 1. The molecule has 5 rings (SSSR count). The number of amides is 3. The number of β-amino-alcohol motifs (C(OH)–C–C–N with tert-alkyl or cyclic N) is 1. The van der Waals surface area contributed by atoms with Gasteiger partial charge in [0.25, 0.3) is 0 Å². The highest BCUT2D eigenvalue weighted by molar-refractivity contribution is 6.31. The van der Waals surface area contributed by atoms with E-state index in [-0.39, 0.29) is 43.1 Å². The number of ether oxygens (including phenoxy) is 1. The number of nitrogens with one attached hydrogen (secondary N) is 2. The Bertz CT molecular complexity index is 1300. The van der Waals surface area contributed by atoms with Gasteiger partial charge in [0.05, 0.1) is 24.8 Å². The number of aliphatic hydroxyl groups excluding tert-OH is 1. The first-order valence-corrected chi connectivity index (χ1v) is 14.6. The number of carbonyl (C=O) groups is 3. The van der Waals surface area contributed by atoms with Crippen LogP contribution < -0.4 is 16.4 Å². The lowest BCUT2D eigenvalue weighted by Gasteiger charge is -2.41. The number of nitrogens with zero attached hydrogens (tertiary/aromatic N) is 2. The highest BCUT2D eigenvalue weighted by atomic mass is 35.5. The maximum Gasteiger partial charge on any atom is 0.241 e. The summed E-state index contributed by atoms with van der Waals surface area (Å²) >= 11 is 6.14. The van der Waals surface area contributed by atoms with Crippen molar-refractivity contribution in [1.82, 2.24) is 15.1 Å². The van der Waals surface area contributed by atoms with Crippen LogP contribution in [0.2, 0.25) is 5.02 Å². The Balaban J connectivity index is 1.32. The van der Waals surface area contributed by atoms with Gasteiger partial charge in [-0.05, 0) is 67.6 Å². The SMILES string of the molecule is Cc1cc(NC(=O)[C@H](CCN)NC2([C@@H]3Cc4ccccc4CN3C(=O)CCC(=O)N3CCC(O)C3)CO2)ccc1Cl. The van der Waals surface area contributed by atoms with E-state index in [2.05, 4.69) is 16.7 Å². The number of hydrogen-bond acceptors (Lipinski definition) is 7. The van der Waals surface area contributed by atoms with Crippen molar-refractivity contribution in [2.75, 3.05) is 31.6 Å². The van der Waals surface area contributed by atoms with Crippen molar-refractivity contribution >= 4 is 35.0 Å². The molecule has 10 nitrogen and oxygen atoms in total. The molecule has 2 aromatic carbocycles. The minimum Gasteiger partial charge on any atom is -0.391 e. The van der Waals surface area contributed by atoms with Crippen LogP contribution in [-0.2, 0) is 32.1 Å². The number of aliphatic hydroxyl groups is 1. The third-order valence-electron chi connectivity index (χ3n) is 8.25. The molecule has 2 aromatic rings. The molecule has 0 bridgehead atoms. The fourth-order valence-electron chi connectivity index (χ4n) is 5.82. The second kappa shape index (κ2) is 12.5. The Kier molecular flexibility index (Phi) is 8.96. The Labute approximate surface area is 245 Å². The Morgan fingerprint density at radius 3 is 2.56 bits per heavy atom. The molecule has 2 unspecified atom stereocenters. The van der Waals surface area contributed by atoms with Gasteiger partial charge in [-0.3, -0.25) is 19.7 Å². The number of nitrogens with two attached hydrogens (primary N) is 1. The second-order valence-corrected chi connectivity index (χ2v) is 11.6. The first kappa shape index (κ1) is 29.5. The minimum atomic E-state index is -0.917. The molecule has 0 spiro atoms. The molecular weight excluding hydrogens is 546 g/mol. The number of likely N-dealkylation sites (tertiary alicyclic amines) is 1. The number of hydrogen-bond donors (Lipinski definition) is 4. The zero-order valence-corrected chi connectivity index (χ0v) is 24.0. The topological polar surface area (TPSA) is 141 Å². The number of rotatable bonds is 10. The van der Waals surface area contributed by atoms with E-state index >= 15 is 0 Å². The molecule has 5 N–H and O–H groups in total. The summed E-state index contributed by atoms with van der Waals surface area (Å²) in [6.45, 7) is 3.70. The molecule has 3 aliphatic rings. The highest BCUT2D eigenvalue weighted by Crippen LogP contribution is 2.38. The molecule has 11 heteroatoms. The van der Waals surface area contributed by atoms with E-state index in [1.165, 1.54) is 0 Å². The van der Waals surface area contributed by atoms with Gasteiger partial charge >= 0.3 is 0 Å². The van der Waals surface area contributed by atoms with Crippen LogP contribution in [-0.4, -0.2) is 82.8 Å². The molecule has 0 aromatic heterocycles. The van der Waals surface area contributed by atoms with E-state index < -0.39 is 17.9 Å². The lowest BCUT2D eigenvalue weighted by molar-refractivity contribution is -0.140. The molecule has 4 atom stereocenters. The lowest BCUT2D eigenvalue weighted by Crippen LogP contribution is -2.61. The van der Waals surface area contributed by atoms with Crippen LogP contribution in [0.25, 0.3) is 0 Å². The maximum atomic E-state index is 13.6. The van der Waals surface area contributed by atoms with Crippen LogP contribution in [0.4, 0.5) is 5.69 Å². The van der Waals surface area contributed by atoms with Crippen molar-refractivity contribution in [3.8, 4) is 0 Å². The summed E-state index contributed by atoms with van der Waals surface area (Å²) in [5, 5.41) is 16.8. The Hall–Kier alpha value is -3.02. The van der Waals surface area contributed by atoms with Crippen LogP contribution in [0.3, 0.4) is 0 Å². The predicted molar refractivity (Wildman–Crippen MR) is 155 cm³/mol. The zero-order chi connectivity index (χ0) is 29.1. The summed E-state index contributed by atoms with van der Waals surface area (Å²) in [6, 6.07) is 12.3. The highest BCUT2D eigenvalue weighted by Gasteiger charge is 2.57. The largest absolute Gasteiger partial charge is 0.391 e. The van der Waals surface area contributed by atoms with Crippen molar-refractivity contribution < 1.29 is 24.2 Å².